The van der Waals surface area contributed by atoms with Crippen molar-refractivity contribution in [2.24, 2.45) is 5.92 Å². The zero-order valence-corrected chi connectivity index (χ0v) is 14.3. The highest BCUT2D eigenvalue weighted by Crippen LogP contribution is 2.17. The molecule has 1 heterocycles. The number of hydrogen-bond donors (Lipinski definition) is 2. The molecule has 1 aromatic carbocycles. The molecule has 132 valence electrons. The largest absolute Gasteiger partial charge is 0.481 e. The molecule has 2 amide bonds. The predicted molar refractivity (Wildman–Crippen MR) is 94.3 cm³/mol. The number of amides is 2. The van der Waals surface area contributed by atoms with E-state index in [4.69, 9.17) is 5.11 Å². The molecule has 1 aromatic rings. The fourth-order valence-electron chi connectivity index (χ4n) is 3.02. The number of carboxylic acids is 1. The van der Waals surface area contributed by atoms with Gasteiger partial charge in [0, 0.05) is 38.4 Å². The Balaban J connectivity index is 1.67. The lowest BCUT2D eigenvalue weighted by molar-refractivity contribution is -0.143. The molecule has 1 aliphatic heterocycles. The summed E-state index contributed by atoms with van der Waals surface area (Å²) in [4.78, 5) is 27.0. The summed E-state index contributed by atoms with van der Waals surface area (Å²) < 4.78 is 0. The van der Waals surface area contributed by atoms with E-state index in [9.17, 15) is 9.59 Å². The Hall–Kier alpha value is -2.24. The SMILES string of the molecule is CCN(CCCNC(=O)N1CCC(C(=O)O)CC1)c1ccccc1. The number of anilines is 1. The molecule has 6 heteroatoms. The smallest absolute Gasteiger partial charge is 0.317 e. The quantitative estimate of drug-likeness (QED) is 0.752. The van der Waals surface area contributed by atoms with Gasteiger partial charge < -0.3 is 20.2 Å². The van der Waals surface area contributed by atoms with E-state index in [0.29, 0.717) is 32.5 Å². The molecule has 0 aliphatic carbocycles. The van der Waals surface area contributed by atoms with Crippen LogP contribution in [0.25, 0.3) is 0 Å². The molecule has 0 bridgehead atoms. The fourth-order valence-corrected chi connectivity index (χ4v) is 3.02. The second-order valence-electron chi connectivity index (χ2n) is 6.10. The van der Waals surface area contributed by atoms with E-state index in [1.165, 1.54) is 5.69 Å². The molecule has 0 saturated carbocycles. The molecule has 2 N–H and O–H groups in total. The van der Waals surface area contributed by atoms with Crippen LogP contribution in [-0.4, -0.2) is 54.7 Å². The van der Waals surface area contributed by atoms with Crippen LogP contribution in [-0.2, 0) is 4.79 Å². The van der Waals surface area contributed by atoms with E-state index in [1.54, 1.807) is 4.90 Å². The van der Waals surface area contributed by atoms with Crippen molar-refractivity contribution in [3.8, 4) is 0 Å². The molecule has 0 atom stereocenters. The first-order chi connectivity index (χ1) is 11.6. The Kier molecular flexibility index (Phi) is 6.90. The number of piperidine rings is 1. The lowest BCUT2D eigenvalue weighted by Gasteiger charge is -2.30. The number of carbonyl (C=O) groups excluding carboxylic acids is 1. The number of nitrogens with zero attached hydrogens (tertiary/aromatic N) is 2. The third kappa shape index (κ3) is 5.15. The van der Waals surface area contributed by atoms with Gasteiger partial charge >= 0.3 is 12.0 Å². The van der Waals surface area contributed by atoms with Gasteiger partial charge in [-0.3, -0.25) is 4.79 Å². The molecule has 1 saturated heterocycles. The summed E-state index contributed by atoms with van der Waals surface area (Å²) in [6.45, 7) is 5.61. The number of benzene rings is 1. The summed E-state index contributed by atoms with van der Waals surface area (Å²) in [7, 11) is 0. The molecular formula is C18H27N3O3. The Bertz CT molecular complexity index is 528. The molecule has 6 nitrogen and oxygen atoms in total. The van der Waals surface area contributed by atoms with E-state index >= 15 is 0 Å². The van der Waals surface area contributed by atoms with Gasteiger partial charge in [-0.2, -0.15) is 0 Å². The van der Waals surface area contributed by atoms with Gasteiger partial charge in [0.05, 0.1) is 5.92 Å². The Morgan fingerprint density at radius 3 is 2.50 bits per heavy atom. The van der Waals surface area contributed by atoms with Crippen molar-refractivity contribution in [3.63, 3.8) is 0 Å². The average molecular weight is 333 g/mol. The summed E-state index contributed by atoms with van der Waals surface area (Å²) in [6, 6.07) is 10.2. The minimum atomic E-state index is -0.754. The predicted octanol–water partition coefficient (Wildman–Crippen LogP) is 2.41. The zero-order chi connectivity index (χ0) is 17.4. The summed E-state index contributed by atoms with van der Waals surface area (Å²) in [5, 5.41) is 11.9. The van der Waals surface area contributed by atoms with Crippen molar-refractivity contribution in [3.05, 3.63) is 30.3 Å². The normalized spacial score (nSPS) is 15.1. The number of carboxylic acid groups (broad SMARTS) is 1. The monoisotopic (exact) mass is 333 g/mol. The van der Waals surface area contributed by atoms with Crippen LogP contribution in [0.5, 0.6) is 0 Å². The van der Waals surface area contributed by atoms with Gasteiger partial charge in [-0.25, -0.2) is 4.79 Å². The van der Waals surface area contributed by atoms with E-state index < -0.39 is 5.97 Å². The minimum absolute atomic E-state index is 0.0819. The summed E-state index contributed by atoms with van der Waals surface area (Å²) in [5.41, 5.74) is 1.20. The molecule has 1 aliphatic rings. The third-order valence-electron chi connectivity index (χ3n) is 4.52. The molecule has 1 fully saturated rings. The second kappa shape index (κ2) is 9.15. The molecule has 0 spiro atoms. The number of hydrogen-bond acceptors (Lipinski definition) is 3. The number of nitrogens with one attached hydrogen (secondary N) is 1. The van der Waals surface area contributed by atoms with Gasteiger partial charge in [-0.15, -0.1) is 0 Å². The fraction of sp³-hybridized carbons (Fsp3) is 0.556. The maximum absolute atomic E-state index is 12.1. The van der Waals surface area contributed by atoms with Gasteiger partial charge in [-0.05, 0) is 38.3 Å². The molecule has 24 heavy (non-hydrogen) atoms. The molecule has 0 radical (unpaired) electrons. The summed E-state index contributed by atoms with van der Waals surface area (Å²) >= 11 is 0. The molecule has 2 rings (SSSR count). The van der Waals surface area contributed by atoms with E-state index in [1.807, 2.05) is 18.2 Å². The van der Waals surface area contributed by atoms with Crippen LogP contribution in [0.2, 0.25) is 0 Å². The van der Waals surface area contributed by atoms with Crippen LogP contribution in [0.15, 0.2) is 30.3 Å². The maximum atomic E-state index is 12.1. The highest BCUT2D eigenvalue weighted by Gasteiger charge is 2.26. The van der Waals surface area contributed by atoms with Crippen molar-refractivity contribution in [2.75, 3.05) is 37.6 Å². The Labute approximate surface area is 143 Å². The molecule has 0 unspecified atom stereocenters. The van der Waals surface area contributed by atoms with E-state index in [2.05, 4.69) is 29.3 Å². The van der Waals surface area contributed by atoms with E-state index in [0.717, 1.165) is 19.5 Å². The minimum Gasteiger partial charge on any atom is -0.481 e. The topological polar surface area (TPSA) is 72.9 Å². The van der Waals surface area contributed by atoms with Crippen LogP contribution in [0, 0.1) is 5.92 Å². The zero-order valence-electron chi connectivity index (χ0n) is 14.3. The van der Waals surface area contributed by atoms with Gasteiger partial charge in [0.15, 0.2) is 0 Å². The van der Waals surface area contributed by atoms with Crippen molar-refractivity contribution in [1.82, 2.24) is 10.2 Å². The van der Waals surface area contributed by atoms with Gasteiger partial charge in [0.25, 0.3) is 0 Å². The van der Waals surface area contributed by atoms with Crippen LogP contribution in [0.4, 0.5) is 10.5 Å². The first-order valence-electron chi connectivity index (χ1n) is 8.67. The number of para-hydroxylation sites is 1. The van der Waals surface area contributed by atoms with Gasteiger partial charge in [0.2, 0.25) is 0 Å². The Morgan fingerprint density at radius 2 is 1.92 bits per heavy atom. The van der Waals surface area contributed by atoms with Gasteiger partial charge in [-0.1, -0.05) is 18.2 Å². The highest BCUT2D eigenvalue weighted by atomic mass is 16.4. The van der Waals surface area contributed by atoms with Crippen LogP contribution in [0.1, 0.15) is 26.2 Å². The van der Waals surface area contributed by atoms with Crippen molar-refractivity contribution in [1.29, 1.82) is 0 Å². The highest BCUT2D eigenvalue weighted by molar-refractivity contribution is 5.75. The van der Waals surface area contributed by atoms with Crippen LogP contribution >= 0.6 is 0 Å². The van der Waals surface area contributed by atoms with Crippen LogP contribution in [0.3, 0.4) is 0 Å². The first-order valence-corrected chi connectivity index (χ1v) is 8.67. The summed E-state index contributed by atoms with van der Waals surface area (Å²) in [5.74, 6) is -1.06. The second-order valence-corrected chi connectivity index (χ2v) is 6.10. The Morgan fingerprint density at radius 1 is 1.25 bits per heavy atom. The summed E-state index contributed by atoms with van der Waals surface area (Å²) in [6.07, 6.45) is 1.96. The van der Waals surface area contributed by atoms with Crippen LogP contribution < -0.4 is 10.2 Å². The number of urea groups is 1. The van der Waals surface area contributed by atoms with Crippen molar-refractivity contribution in [2.45, 2.75) is 26.2 Å². The van der Waals surface area contributed by atoms with Crippen molar-refractivity contribution >= 4 is 17.7 Å². The van der Waals surface area contributed by atoms with Crippen molar-refractivity contribution < 1.29 is 14.7 Å². The lowest BCUT2D eigenvalue weighted by atomic mass is 9.97. The maximum Gasteiger partial charge on any atom is 0.317 e. The number of likely N-dealkylation sites (tertiary alicyclic amines) is 1. The molecular weight excluding hydrogens is 306 g/mol. The third-order valence-corrected chi connectivity index (χ3v) is 4.52. The lowest BCUT2D eigenvalue weighted by Crippen LogP contribution is -2.46. The average Bonchev–Trinajstić information content (AvgIpc) is 2.62. The number of aliphatic carboxylic acids is 1. The first kappa shape index (κ1) is 18.1. The van der Waals surface area contributed by atoms with E-state index in [-0.39, 0.29) is 11.9 Å². The molecule has 0 aromatic heterocycles. The number of rotatable bonds is 7. The standard InChI is InChI=1S/C18H27N3O3/c1-2-20(16-7-4-3-5-8-16)12-6-11-19-18(24)21-13-9-15(10-14-21)17(22)23/h3-5,7-8,15H,2,6,9-14H2,1H3,(H,19,24)(H,22,23). The van der Waals surface area contributed by atoms with Gasteiger partial charge in [0.1, 0.15) is 0 Å². The number of carbonyl (C=O) groups is 2.